The van der Waals surface area contributed by atoms with Gasteiger partial charge in [-0.2, -0.15) is 9.61 Å². The van der Waals surface area contributed by atoms with Gasteiger partial charge in [-0.3, -0.25) is 9.36 Å². The third-order valence-corrected chi connectivity index (χ3v) is 4.24. The number of hydrogen-bond donors (Lipinski definition) is 0. The van der Waals surface area contributed by atoms with Gasteiger partial charge in [0, 0.05) is 11.6 Å². The minimum absolute atomic E-state index is 0.198. The second-order valence-corrected chi connectivity index (χ2v) is 5.86. The quantitative estimate of drug-likeness (QED) is 0.564. The fourth-order valence-corrected chi connectivity index (χ4v) is 2.83. The number of aromatic nitrogens is 6. The minimum atomic E-state index is -0.311. The molecule has 0 aliphatic heterocycles. The number of nitrogens with zero attached hydrogens (tertiary/aromatic N) is 6. The highest BCUT2D eigenvalue weighted by molar-refractivity contribution is 5.80. The van der Waals surface area contributed by atoms with Crippen molar-refractivity contribution in [2.75, 3.05) is 0 Å². The summed E-state index contributed by atoms with van der Waals surface area (Å²) in [5.41, 5.74) is 2.32. The van der Waals surface area contributed by atoms with Gasteiger partial charge in [-0.1, -0.05) is 12.1 Å². The van der Waals surface area contributed by atoms with E-state index in [4.69, 9.17) is 0 Å². The Hall–Kier alpha value is -3.16. The van der Waals surface area contributed by atoms with E-state index < -0.39 is 0 Å². The number of hydrogen-bond acceptors (Lipinski definition) is 5. The molecule has 3 aromatic heterocycles. The highest BCUT2D eigenvalue weighted by Crippen LogP contribution is 2.33. The summed E-state index contributed by atoms with van der Waals surface area (Å²) in [6.45, 7) is 0. The Labute approximate surface area is 134 Å². The third-order valence-electron chi connectivity index (χ3n) is 4.24. The van der Waals surface area contributed by atoms with E-state index in [2.05, 4.69) is 20.3 Å². The minimum Gasteiger partial charge on any atom is -0.294 e. The number of benzene rings is 1. The Balaban J connectivity index is 1.76. The van der Waals surface area contributed by atoms with Gasteiger partial charge in [0.05, 0.1) is 6.20 Å². The molecular formula is C16H11FN6O. The van der Waals surface area contributed by atoms with Crippen LogP contribution in [-0.4, -0.2) is 29.4 Å². The zero-order chi connectivity index (χ0) is 16.3. The maximum atomic E-state index is 13.1. The lowest BCUT2D eigenvalue weighted by molar-refractivity contribution is 0.628. The van der Waals surface area contributed by atoms with Crippen molar-refractivity contribution in [1.82, 2.24) is 29.4 Å². The largest absolute Gasteiger partial charge is 0.294 e. The molecule has 8 heteroatoms. The normalized spacial score (nSPS) is 14.5. The van der Waals surface area contributed by atoms with Crippen LogP contribution in [0.15, 0.2) is 41.6 Å². The molecule has 5 rings (SSSR count). The van der Waals surface area contributed by atoms with Crippen LogP contribution in [0, 0.1) is 5.82 Å². The van der Waals surface area contributed by atoms with E-state index in [1.165, 1.54) is 16.6 Å². The topological polar surface area (TPSA) is 78.0 Å². The van der Waals surface area contributed by atoms with Gasteiger partial charge in [0.25, 0.3) is 5.56 Å². The van der Waals surface area contributed by atoms with Gasteiger partial charge in [0.2, 0.25) is 0 Å². The second kappa shape index (κ2) is 4.67. The average Bonchev–Trinajstić information content (AvgIpc) is 3.34. The molecule has 118 valence electrons. The van der Waals surface area contributed by atoms with E-state index in [1.54, 1.807) is 29.2 Å². The number of halogens is 1. The molecule has 3 heterocycles. The molecule has 0 unspecified atom stereocenters. The van der Waals surface area contributed by atoms with E-state index in [0.29, 0.717) is 16.9 Å². The van der Waals surface area contributed by atoms with Crippen LogP contribution < -0.4 is 5.56 Å². The summed E-state index contributed by atoms with van der Waals surface area (Å²) in [6.07, 6.45) is 5.13. The first-order valence-corrected chi connectivity index (χ1v) is 7.59. The first-order chi connectivity index (χ1) is 11.7. The first kappa shape index (κ1) is 13.3. The Morgan fingerprint density at radius 2 is 1.88 bits per heavy atom. The highest BCUT2D eigenvalue weighted by Gasteiger charge is 2.26. The fourth-order valence-electron chi connectivity index (χ4n) is 2.83. The molecule has 1 aliphatic rings. The second-order valence-electron chi connectivity index (χ2n) is 5.86. The predicted molar refractivity (Wildman–Crippen MR) is 84.0 cm³/mol. The van der Waals surface area contributed by atoms with Crippen molar-refractivity contribution < 1.29 is 4.39 Å². The molecular weight excluding hydrogens is 311 g/mol. The van der Waals surface area contributed by atoms with Crippen LogP contribution in [0.25, 0.3) is 27.9 Å². The van der Waals surface area contributed by atoms with Gasteiger partial charge in [0.15, 0.2) is 16.8 Å². The van der Waals surface area contributed by atoms with Crippen molar-refractivity contribution in [3.63, 3.8) is 0 Å². The summed E-state index contributed by atoms with van der Waals surface area (Å²) >= 11 is 0. The Morgan fingerprint density at radius 1 is 1.08 bits per heavy atom. The summed E-state index contributed by atoms with van der Waals surface area (Å²) in [5, 5.41) is 12.5. The molecule has 1 fully saturated rings. The van der Waals surface area contributed by atoms with E-state index in [0.717, 1.165) is 18.4 Å². The van der Waals surface area contributed by atoms with Gasteiger partial charge in [-0.05, 0) is 30.5 Å². The van der Waals surface area contributed by atoms with Crippen LogP contribution in [0.5, 0.6) is 0 Å². The molecule has 1 saturated carbocycles. The van der Waals surface area contributed by atoms with Crippen LogP contribution >= 0.6 is 0 Å². The molecule has 0 saturated heterocycles. The van der Waals surface area contributed by atoms with Crippen LogP contribution in [0.1, 0.15) is 18.9 Å². The summed E-state index contributed by atoms with van der Waals surface area (Å²) in [7, 11) is 0. The van der Waals surface area contributed by atoms with Crippen molar-refractivity contribution in [2.24, 2.45) is 0 Å². The van der Waals surface area contributed by atoms with E-state index >= 15 is 0 Å². The molecule has 0 atom stereocenters. The van der Waals surface area contributed by atoms with Crippen LogP contribution in [0.3, 0.4) is 0 Å². The lowest BCUT2D eigenvalue weighted by Gasteiger charge is -2.04. The van der Waals surface area contributed by atoms with Crippen molar-refractivity contribution in [1.29, 1.82) is 0 Å². The van der Waals surface area contributed by atoms with Crippen molar-refractivity contribution >= 4 is 16.8 Å². The van der Waals surface area contributed by atoms with Gasteiger partial charge in [-0.15, -0.1) is 10.2 Å². The Kier molecular flexibility index (Phi) is 2.59. The summed E-state index contributed by atoms with van der Waals surface area (Å²) < 4.78 is 16.2. The van der Waals surface area contributed by atoms with E-state index in [1.807, 2.05) is 0 Å². The average molecular weight is 322 g/mol. The van der Waals surface area contributed by atoms with E-state index in [9.17, 15) is 9.18 Å². The lowest BCUT2D eigenvalue weighted by atomic mass is 10.1. The first-order valence-electron chi connectivity index (χ1n) is 7.59. The Bertz CT molecular complexity index is 1140. The van der Waals surface area contributed by atoms with Crippen LogP contribution in [-0.2, 0) is 0 Å². The zero-order valence-corrected chi connectivity index (χ0v) is 12.4. The Morgan fingerprint density at radius 3 is 2.62 bits per heavy atom. The smallest absolute Gasteiger partial charge is 0.283 e. The molecule has 0 N–H and O–H groups in total. The van der Waals surface area contributed by atoms with Gasteiger partial charge < -0.3 is 0 Å². The van der Waals surface area contributed by atoms with Gasteiger partial charge in [-0.25, -0.2) is 9.37 Å². The molecule has 24 heavy (non-hydrogen) atoms. The number of rotatable bonds is 2. The molecule has 0 amide bonds. The summed E-state index contributed by atoms with van der Waals surface area (Å²) in [5.74, 6) is -0.311. The SMILES string of the molecule is O=c1c2nnc3c(-c4ccc(F)cc4)cnn3c2ncn1C1CC1. The molecule has 0 spiro atoms. The predicted octanol–water partition coefficient (Wildman–Crippen LogP) is 1.98. The monoisotopic (exact) mass is 322 g/mol. The molecule has 1 aromatic carbocycles. The molecule has 0 radical (unpaired) electrons. The zero-order valence-electron chi connectivity index (χ0n) is 12.4. The van der Waals surface area contributed by atoms with Crippen LogP contribution in [0.2, 0.25) is 0 Å². The van der Waals surface area contributed by atoms with Crippen molar-refractivity contribution in [3.8, 4) is 11.1 Å². The lowest BCUT2D eigenvalue weighted by Crippen LogP contribution is -2.22. The highest BCUT2D eigenvalue weighted by atomic mass is 19.1. The maximum Gasteiger partial charge on any atom is 0.283 e. The summed E-state index contributed by atoms with van der Waals surface area (Å²) in [4.78, 5) is 16.9. The van der Waals surface area contributed by atoms with Gasteiger partial charge >= 0.3 is 0 Å². The fraction of sp³-hybridized carbons (Fsp3) is 0.188. The molecule has 7 nitrogen and oxygen atoms in total. The molecule has 0 bridgehead atoms. The van der Waals surface area contributed by atoms with Gasteiger partial charge in [0.1, 0.15) is 12.1 Å². The summed E-state index contributed by atoms with van der Waals surface area (Å²) in [6, 6.07) is 6.27. The third kappa shape index (κ3) is 1.86. The maximum absolute atomic E-state index is 13.1. The van der Waals surface area contributed by atoms with Crippen molar-refractivity contribution in [2.45, 2.75) is 18.9 Å². The van der Waals surface area contributed by atoms with E-state index in [-0.39, 0.29) is 22.9 Å². The standard InChI is InChI=1S/C16H11FN6O/c17-10-3-1-9(2-4-10)12-7-19-23-14(12)21-20-13-15(23)18-8-22(16(13)24)11-5-6-11/h1-4,7-8,11H,5-6H2. The molecule has 4 aromatic rings. The van der Waals surface area contributed by atoms with Crippen LogP contribution in [0.4, 0.5) is 4.39 Å². The van der Waals surface area contributed by atoms with Crippen molar-refractivity contribution in [3.05, 3.63) is 53.0 Å². The number of fused-ring (bicyclic) bond motifs is 3. The molecule has 1 aliphatic carbocycles.